The Labute approximate surface area is 101 Å². The molecule has 96 valence electrons. The fourth-order valence-corrected chi connectivity index (χ4v) is 1.68. The summed E-state index contributed by atoms with van der Waals surface area (Å²) in [5.41, 5.74) is 5.62. The van der Waals surface area contributed by atoms with Gasteiger partial charge in [-0.1, -0.05) is 17.3 Å². The summed E-state index contributed by atoms with van der Waals surface area (Å²) in [5, 5.41) is 7.47. The highest BCUT2D eigenvalue weighted by molar-refractivity contribution is 5.43. The number of hydrogen-bond donors (Lipinski definition) is 1. The molecule has 2 N–H and O–H groups in total. The molecular formula is C11H11F3N4. The van der Waals surface area contributed by atoms with Gasteiger partial charge in [0.15, 0.2) is 0 Å². The third kappa shape index (κ3) is 2.08. The molecule has 18 heavy (non-hydrogen) atoms. The zero-order valence-electron chi connectivity index (χ0n) is 9.57. The van der Waals surface area contributed by atoms with Crippen LogP contribution in [0.15, 0.2) is 24.3 Å². The second-order valence-corrected chi connectivity index (χ2v) is 3.75. The number of aromatic nitrogens is 3. The van der Waals surface area contributed by atoms with Crippen molar-refractivity contribution in [1.29, 1.82) is 0 Å². The molecule has 0 saturated heterocycles. The lowest BCUT2D eigenvalue weighted by molar-refractivity contribution is -0.137. The number of hydrogen-bond acceptors (Lipinski definition) is 3. The minimum absolute atomic E-state index is 0.0466. The molecule has 7 heteroatoms. The van der Waals surface area contributed by atoms with E-state index in [1.807, 2.05) is 0 Å². The van der Waals surface area contributed by atoms with Gasteiger partial charge in [0.1, 0.15) is 0 Å². The molecule has 0 aliphatic carbocycles. The van der Waals surface area contributed by atoms with Crippen molar-refractivity contribution in [1.82, 2.24) is 15.0 Å². The van der Waals surface area contributed by atoms with Gasteiger partial charge in [0.05, 0.1) is 22.6 Å². The van der Waals surface area contributed by atoms with Crippen LogP contribution in [0, 0.1) is 6.92 Å². The Morgan fingerprint density at radius 3 is 2.50 bits per heavy atom. The second-order valence-electron chi connectivity index (χ2n) is 3.75. The Morgan fingerprint density at radius 1 is 1.28 bits per heavy atom. The summed E-state index contributed by atoms with van der Waals surface area (Å²) in [6.45, 7) is 1.77. The Balaban J connectivity index is 2.61. The summed E-state index contributed by atoms with van der Waals surface area (Å²) in [6.07, 6.45) is -4.43. The van der Waals surface area contributed by atoms with E-state index in [0.29, 0.717) is 11.4 Å². The van der Waals surface area contributed by atoms with Gasteiger partial charge in [0.25, 0.3) is 0 Å². The van der Waals surface area contributed by atoms with E-state index in [1.165, 1.54) is 18.2 Å². The van der Waals surface area contributed by atoms with Crippen LogP contribution in [0.2, 0.25) is 0 Å². The van der Waals surface area contributed by atoms with Crippen LogP contribution >= 0.6 is 0 Å². The molecule has 1 aromatic carbocycles. The molecule has 0 unspecified atom stereocenters. The first-order valence-corrected chi connectivity index (χ1v) is 5.23. The molecule has 2 rings (SSSR count). The summed E-state index contributed by atoms with van der Waals surface area (Å²) in [7, 11) is 0. The molecular weight excluding hydrogens is 245 g/mol. The quantitative estimate of drug-likeness (QED) is 0.894. The highest BCUT2D eigenvalue weighted by Gasteiger charge is 2.34. The van der Waals surface area contributed by atoms with Crippen molar-refractivity contribution in [2.24, 2.45) is 5.73 Å². The molecule has 1 heterocycles. The van der Waals surface area contributed by atoms with Crippen molar-refractivity contribution in [3.8, 4) is 5.69 Å². The first-order chi connectivity index (χ1) is 8.45. The van der Waals surface area contributed by atoms with E-state index in [9.17, 15) is 13.2 Å². The van der Waals surface area contributed by atoms with E-state index in [0.717, 1.165) is 10.7 Å². The van der Waals surface area contributed by atoms with Gasteiger partial charge in [-0.3, -0.25) is 0 Å². The van der Waals surface area contributed by atoms with Gasteiger partial charge in [-0.2, -0.15) is 13.2 Å². The van der Waals surface area contributed by atoms with Crippen molar-refractivity contribution in [3.63, 3.8) is 0 Å². The molecule has 0 saturated carbocycles. The minimum atomic E-state index is -4.43. The van der Waals surface area contributed by atoms with Crippen molar-refractivity contribution >= 4 is 0 Å². The summed E-state index contributed by atoms with van der Waals surface area (Å²) in [5.74, 6) is 0. The molecule has 1 aromatic heterocycles. The number of nitrogens with zero attached hydrogens (tertiary/aromatic N) is 3. The van der Waals surface area contributed by atoms with Gasteiger partial charge in [0, 0.05) is 6.54 Å². The Hall–Kier alpha value is -1.89. The summed E-state index contributed by atoms with van der Waals surface area (Å²) < 4.78 is 39.8. The van der Waals surface area contributed by atoms with Crippen LogP contribution in [-0.2, 0) is 12.7 Å². The van der Waals surface area contributed by atoms with Crippen LogP contribution in [0.5, 0.6) is 0 Å². The molecule has 0 aliphatic rings. The Bertz CT molecular complexity index is 560. The van der Waals surface area contributed by atoms with Crippen LogP contribution in [0.4, 0.5) is 13.2 Å². The van der Waals surface area contributed by atoms with Gasteiger partial charge in [-0.25, -0.2) is 4.68 Å². The highest BCUT2D eigenvalue weighted by atomic mass is 19.4. The molecule has 0 radical (unpaired) electrons. The lowest BCUT2D eigenvalue weighted by Gasteiger charge is -2.12. The molecule has 0 fully saturated rings. The summed E-state index contributed by atoms with van der Waals surface area (Å²) in [4.78, 5) is 0. The first-order valence-electron chi connectivity index (χ1n) is 5.23. The predicted octanol–water partition coefficient (Wildman–Crippen LogP) is 2.05. The van der Waals surface area contributed by atoms with E-state index in [4.69, 9.17) is 5.73 Å². The van der Waals surface area contributed by atoms with E-state index in [2.05, 4.69) is 10.3 Å². The van der Waals surface area contributed by atoms with Crippen molar-refractivity contribution in [2.45, 2.75) is 19.6 Å². The fourth-order valence-electron chi connectivity index (χ4n) is 1.68. The zero-order chi connectivity index (χ0) is 13.3. The van der Waals surface area contributed by atoms with Gasteiger partial charge in [-0.05, 0) is 19.1 Å². The van der Waals surface area contributed by atoms with Crippen molar-refractivity contribution < 1.29 is 13.2 Å². The molecule has 2 aromatic rings. The minimum Gasteiger partial charge on any atom is -0.325 e. The first kappa shape index (κ1) is 12.6. The second kappa shape index (κ2) is 4.41. The number of rotatable bonds is 2. The number of para-hydroxylation sites is 1. The van der Waals surface area contributed by atoms with Crippen molar-refractivity contribution in [3.05, 3.63) is 41.2 Å². The fraction of sp³-hybridized carbons (Fsp3) is 0.273. The van der Waals surface area contributed by atoms with E-state index >= 15 is 0 Å². The van der Waals surface area contributed by atoms with Crippen LogP contribution < -0.4 is 5.73 Å². The smallest absolute Gasteiger partial charge is 0.325 e. The summed E-state index contributed by atoms with van der Waals surface area (Å²) in [6, 6.07) is 5.22. The van der Waals surface area contributed by atoms with Gasteiger partial charge >= 0.3 is 6.18 Å². The number of nitrogens with two attached hydrogens (primary N) is 1. The standard InChI is InChI=1S/C11H11F3N4/c1-7-9(6-15)16-17-18(7)10-5-3-2-4-8(10)11(12,13)14/h2-5H,6,15H2,1H3. The molecule has 0 aliphatic heterocycles. The average Bonchev–Trinajstić information content (AvgIpc) is 2.69. The van der Waals surface area contributed by atoms with E-state index in [1.54, 1.807) is 6.92 Å². The largest absolute Gasteiger partial charge is 0.418 e. The molecule has 0 atom stereocenters. The lowest BCUT2D eigenvalue weighted by Crippen LogP contribution is -2.12. The maximum absolute atomic E-state index is 12.9. The zero-order valence-corrected chi connectivity index (χ0v) is 9.57. The third-order valence-corrected chi connectivity index (χ3v) is 2.62. The van der Waals surface area contributed by atoms with Crippen LogP contribution in [0.25, 0.3) is 5.69 Å². The van der Waals surface area contributed by atoms with Crippen molar-refractivity contribution in [2.75, 3.05) is 0 Å². The molecule has 4 nitrogen and oxygen atoms in total. The highest BCUT2D eigenvalue weighted by Crippen LogP contribution is 2.33. The summed E-state index contributed by atoms with van der Waals surface area (Å²) >= 11 is 0. The molecule has 0 amide bonds. The number of halogens is 3. The maximum atomic E-state index is 12.9. The topological polar surface area (TPSA) is 56.7 Å². The number of benzene rings is 1. The number of alkyl halides is 3. The van der Waals surface area contributed by atoms with E-state index < -0.39 is 11.7 Å². The van der Waals surface area contributed by atoms with Crippen LogP contribution in [-0.4, -0.2) is 15.0 Å². The predicted molar refractivity (Wildman–Crippen MR) is 59.0 cm³/mol. The van der Waals surface area contributed by atoms with Gasteiger partial charge in [-0.15, -0.1) is 5.10 Å². The average molecular weight is 256 g/mol. The molecule has 0 bridgehead atoms. The Morgan fingerprint density at radius 2 is 1.94 bits per heavy atom. The normalized spacial score (nSPS) is 11.8. The van der Waals surface area contributed by atoms with Gasteiger partial charge < -0.3 is 5.73 Å². The van der Waals surface area contributed by atoms with E-state index in [-0.39, 0.29) is 12.2 Å². The van der Waals surface area contributed by atoms with Crippen LogP contribution in [0.1, 0.15) is 17.0 Å². The van der Waals surface area contributed by atoms with Gasteiger partial charge in [0.2, 0.25) is 0 Å². The SMILES string of the molecule is Cc1c(CN)nnn1-c1ccccc1C(F)(F)F. The maximum Gasteiger partial charge on any atom is 0.418 e. The monoisotopic (exact) mass is 256 g/mol. The Kier molecular flexibility index (Phi) is 3.08. The molecule has 0 spiro atoms. The van der Waals surface area contributed by atoms with Crippen LogP contribution in [0.3, 0.4) is 0 Å². The lowest BCUT2D eigenvalue weighted by atomic mass is 10.1. The third-order valence-electron chi connectivity index (χ3n) is 2.62.